The summed E-state index contributed by atoms with van der Waals surface area (Å²) in [6, 6.07) is 0. The largest absolute Gasteiger partial charge is 0.399 e. The summed E-state index contributed by atoms with van der Waals surface area (Å²) in [4.78, 5) is 0. The van der Waals surface area contributed by atoms with Gasteiger partial charge in [0, 0.05) is 0 Å². The zero-order chi connectivity index (χ0) is 10.4. The molecule has 0 saturated carbocycles. The maximum absolute atomic E-state index is 12.5. The quantitative estimate of drug-likeness (QED) is 0.544. The van der Waals surface area contributed by atoms with Gasteiger partial charge in [-0.25, -0.2) is 0 Å². The van der Waals surface area contributed by atoms with Crippen LogP contribution in [-0.2, 0) is 0 Å². The van der Waals surface area contributed by atoms with Gasteiger partial charge in [0.15, 0.2) is 0 Å². The van der Waals surface area contributed by atoms with Crippen molar-refractivity contribution in [3.8, 4) is 0 Å². The monoisotopic (exact) mass is 190 g/mol. The first kappa shape index (κ1) is 10.4. The molecule has 1 aliphatic carbocycles. The van der Waals surface area contributed by atoms with Gasteiger partial charge in [0.1, 0.15) is 0 Å². The molecule has 0 spiro atoms. The van der Waals surface area contributed by atoms with E-state index in [1.165, 1.54) is 0 Å². The summed E-state index contributed by atoms with van der Waals surface area (Å²) in [5.74, 6) is -1.34. The van der Waals surface area contributed by atoms with Crippen LogP contribution in [0.2, 0.25) is 0 Å². The number of halogens is 3. The fourth-order valence-electron chi connectivity index (χ4n) is 1.84. The molecule has 0 amide bonds. The van der Waals surface area contributed by atoms with Gasteiger partial charge in [0.25, 0.3) is 0 Å². The average Bonchev–Trinajstić information content (AvgIpc) is 2.14. The number of rotatable bonds is 0. The van der Waals surface area contributed by atoms with Gasteiger partial charge in [-0.1, -0.05) is 11.1 Å². The van der Waals surface area contributed by atoms with Gasteiger partial charge in [-0.15, -0.1) is 0 Å². The molecule has 0 nitrogen and oxygen atoms in total. The average molecular weight is 190 g/mol. The molecule has 0 aliphatic heterocycles. The molecule has 0 aromatic rings. The lowest BCUT2D eigenvalue weighted by Crippen LogP contribution is -2.23. The van der Waals surface area contributed by atoms with Gasteiger partial charge in [0.05, 0.1) is 5.92 Å². The first-order chi connectivity index (χ1) is 5.76. The van der Waals surface area contributed by atoms with E-state index in [4.69, 9.17) is 0 Å². The van der Waals surface area contributed by atoms with Gasteiger partial charge in [-0.05, 0) is 38.8 Å². The third kappa shape index (κ3) is 1.52. The Morgan fingerprint density at radius 1 is 0.846 bits per heavy atom. The lowest BCUT2D eigenvalue weighted by molar-refractivity contribution is -0.153. The summed E-state index contributed by atoms with van der Waals surface area (Å²) in [5.41, 5.74) is 2.48. The number of hydrogen-bond donors (Lipinski definition) is 0. The van der Waals surface area contributed by atoms with Crippen LogP contribution in [0.1, 0.15) is 27.7 Å². The van der Waals surface area contributed by atoms with Crippen molar-refractivity contribution in [2.45, 2.75) is 33.9 Å². The van der Waals surface area contributed by atoms with Crippen molar-refractivity contribution in [3.05, 3.63) is 22.3 Å². The second-order valence-corrected chi connectivity index (χ2v) is 3.59. The van der Waals surface area contributed by atoms with Crippen LogP contribution >= 0.6 is 0 Å². The van der Waals surface area contributed by atoms with E-state index in [0.29, 0.717) is 11.1 Å². The minimum Gasteiger partial charge on any atom is -0.170 e. The summed E-state index contributed by atoms with van der Waals surface area (Å²) in [7, 11) is 0. The summed E-state index contributed by atoms with van der Waals surface area (Å²) >= 11 is 0. The van der Waals surface area contributed by atoms with Crippen molar-refractivity contribution in [2.75, 3.05) is 0 Å². The van der Waals surface area contributed by atoms with Crippen molar-refractivity contribution < 1.29 is 13.2 Å². The molecule has 13 heavy (non-hydrogen) atoms. The predicted molar refractivity (Wildman–Crippen MR) is 46.3 cm³/mol. The highest BCUT2D eigenvalue weighted by atomic mass is 19.4. The lowest BCUT2D eigenvalue weighted by atomic mass is 9.96. The fourth-order valence-corrected chi connectivity index (χ4v) is 1.84. The lowest BCUT2D eigenvalue weighted by Gasteiger charge is -2.18. The van der Waals surface area contributed by atoms with E-state index in [9.17, 15) is 13.2 Å². The molecule has 0 aromatic carbocycles. The Kier molecular flexibility index (Phi) is 2.30. The fraction of sp³-hybridized carbons (Fsp3) is 0.600. The van der Waals surface area contributed by atoms with E-state index in [1.807, 2.05) is 0 Å². The Bertz CT molecular complexity index is 268. The van der Waals surface area contributed by atoms with Gasteiger partial charge < -0.3 is 0 Å². The molecule has 0 fully saturated rings. The van der Waals surface area contributed by atoms with E-state index in [2.05, 4.69) is 0 Å². The number of alkyl halides is 3. The standard InChI is InChI=1S/C10H13F3/c1-5-6(2)8(4)9(7(5)3)10(11,12)13/h9H,1-4H3. The van der Waals surface area contributed by atoms with Crippen LogP contribution in [0.15, 0.2) is 22.3 Å². The van der Waals surface area contributed by atoms with Crippen molar-refractivity contribution in [3.63, 3.8) is 0 Å². The smallest absolute Gasteiger partial charge is 0.170 e. The predicted octanol–water partition coefficient (Wildman–Crippen LogP) is 3.85. The molecule has 0 heterocycles. The second kappa shape index (κ2) is 2.89. The molecule has 0 unspecified atom stereocenters. The minimum absolute atomic E-state index is 0.447. The molecule has 74 valence electrons. The third-order valence-electron chi connectivity index (χ3n) is 2.94. The highest BCUT2D eigenvalue weighted by Crippen LogP contribution is 2.45. The summed E-state index contributed by atoms with van der Waals surface area (Å²) < 4.78 is 37.6. The van der Waals surface area contributed by atoms with Crippen LogP contribution in [0.4, 0.5) is 13.2 Å². The van der Waals surface area contributed by atoms with Crippen LogP contribution in [0.25, 0.3) is 0 Å². The SMILES string of the molecule is CC1=C(C)C(C(F)(F)F)C(C)=C1C. The highest BCUT2D eigenvalue weighted by Gasteiger charge is 2.45. The normalized spacial score (nSPS) is 20.5. The minimum atomic E-state index is -4.13. The highest BCUT2D eigenvalue weighted by molar-refractivity contribution is 5.47. The Labute approximate surface area is 76.1 Å². The van der Waals surface area contributed by atoms with Crippen LogP contribution in [-0.4, -0.2) is 6.18 Å². The molecular weight excluding hydrogens is 177 g/mol. The Balaban J connectivity index is 3.18. The summed E-state index contributed by atoms with van der Waals surface area (Å²) in [6.45, 7) is 6.63. The Hall–Kier alpha value is -0.730. The van der Waals surface area contributed by atoms with Gasteiger partial charge in [-0.2, -0.15) is 13.2 Å². The maximum Gasteiger partial charge on any atom is 0.399 e. The summed E-state index contributed by atoms with van der Waals surface area (Å²) in [6.07, 6.45) is -4.13. The Morgan fingerprint density at radius 3 is 1.31 bits per heavy atom. The van der Waals surface area contributed by atoms with Crippen molar-refractivity contribution >= 4 is 0 Å². The van der Waals surface area contributed by atoms with E-state index < -0.39 is 12.1 Å². The van der Waals surface area contributed by atoms with Crippen LogP contribution in [0.3, 0.4) is 0 Å². The molecule has 0 atom stereocenters. The zero-order valence-electron chi connectivity index (χ0n) is 8.21. The number of allylic oxidation sites excluding steroid dienone is 4. The van der Waals surface area contributed by atoms with Crippen molar-refractivity contribution in [2.24, 2.45) is 5.92 Å². The molecule has 0 aromatic heterocycles. The molecule has 1 aliphatic rings. The zero-order valence-corrected chi connectivity index (χ0v) is 8.21. The molecular formula is C10H13F3. The van der Waals surface area contributed by atoms with E-state index in [1.54, 1.807) is 27.7 Å². The molecule has 0 bridgehead atoms. The van der Waals surface area contributed by atoms with E-state index in [-0.39, 0.29) is 0 Å². The van der Waals surface area contributed by atoms with Gasteiger partial charge in [0.2, 0.25) is 0 Å². The third-order valence-corrected chi connectivity index (χ3v) is 2.94. The maximum atomic E-state index is 12.5. The summed E-state index contributed by atoms with van der Waals surface area (Å²) in [5, 5.41) is 0. The van der Waals surface area contributed by atoms with Crippen molar-refractivity contribution in [1.82, 2.24) is 0 Å². The molecule has 0 N–H and O–H groups in total. The molecule has 3 heteroatoms. The van der Waals surface area contributed by atoms with Gasteiger partial charge in [-0.3, -0.25) is 0 Å². The van der Waals surface area contributed by atoms with Gasteiger partial charge >= 0.3 is 6.18 Å². The van der Waals surface area contributed by atoms with Crippen LogP contribution in [0.5, 0.6) is 0 Å². The second-order valence-electron chi connectivity index (χ2n) is 3.59. The Morgan fingerprint density at radius 2 is 1.15 bits per heavy atom. The van der Waals surface area contributed by atoms with Crippen LogP contribution in [0, 0.1) is 5.92 Å². The molecule has 1 rings (SSSR count). The van der Waals surface area contributed by atoms with E-state index >= 15 is 0 Å². The van der Waals surface area contributed by atoms with E-state index in [0.717, 1.165) is 11.1 Å². The van der Waals surface area contributed by atoms with Crippen LogP contribution < -0.4 is 0 Å². The number of hydrogen-bond acceptors (Lipinski definition) is 0. The first-order valence-electron chi connectivity index (χ1n) is 4.18. The van der Waals surface area contributed by atoms with Crippen molar-refractivity contribution in [1.29, 1.82) is 0 Å². The molecule has 0 saturated heterocycles. The first-order valence-corrected chi connectivity index (χ1v) is 4.18. The molecule has 0 radical (unpaired) electrons. The topological polar surface area (TPSA) is 0 Å².